The molecule has 1 aromatic carbocycles. The lowest BCUT2D eigenvalue weighted by atomic mass is 9.98. The molecule has 0 atom stereocenters. The first-order valence-corrected chi connectivity index (χ1v) is 10.6. The summed E-state index contributed by atoms with van der Waals surface area (Å²) in [7, 11) is 0. The maximum atomic E-state index is 12.4. The Hall–Kier alpha value is -2.35. The summed E-state index contributed by atoms with van der Waals surface area (Å²) < 4.78 is 11.2. The van der Waals surface area contributed by atoms with Crippen LogP contribution in [0, 0.1) is 10.1 Å². The zero-order chi connectivity index (χ0) is 20.6. The van der Waals surface area contributed by atoms with Crippen LogP contribution in [0.1, 0.15) is 51.9 Å². The monoisotopic (exact) mass is 405 g/mol. The summed E-state index contributed by atoms with van der Waals surface area (Å²) >= 11 is 0. The van der Waals surface area contributed by atoms with Gasteiger partial charge in [0.25, 0.3) is 0 Å². The number of nitrogens with one attached hydrogen (secondary N) is 1. The average molecular weight is 405 g/mol. The number of rotatable bonds is 8. The zero-order valence-electron chi connectivity index (χ0n) is 17.1. The molecule has 1 N–H and O–H groups in total. The lowest BCUT2D eigenvalue weighted by molar-refractivity contribution is -0.385. The molecule has 29 heavy (non-hydrogen) atoms. The first-order valence-electron chi connectivity index (χ1n) is 10.6. The van der Waals surface area contributed by atoms with Crippen LogP contribution in [0.15, 0.2) is 18.2 Å². The lowest BCUT2D eigenvalue weighted by Crippen LogP contribution is -2.44. The maximum absolute atomic E-state index is 12.4. The molecule has 1 aromatic rings. The SMILES string of the molecule is CCOc1cc(NC2CCN(C(=O)COC3CCCCC3)CC2)ccc1[N+](=O)[O-]. The van der Waals surface area contributed by atoms with Gasteiger partial charge >= 0.3 is 5.69 Å². The molecule has 0 bridgehead atoms. The molecule has 1 saturated heterocycles. The number of nitro groups is 1. The molecule has 3 rings (SSSR count). The number of anilines is 1. The van der Waals surface area contributed by atoms with Crippen molar-refractivity contribution >= 4 is 17.3 Å². The van der Waals surface area contributed by atoms with Crippen LogP contribution in [-0.2, 0) is 9.53 Å². The van der Waals surface area contributed by atoms with Crippen molar-refractivity contribution in [1.82, 2.24) is 4.90 Å². The third-order valence-corrected chi connectivity index (χ3v) is 5.67. The largest absolute Gasteiger partial charge is 0.487 e. The second-order valence-electron chi connectivity index (χ2n) is 7.74. The van der Waals surface area contributed by atoms with Gasteiger partial charge in [0.15, 0.2) is 5.75 Å². The van der Waals surface area contributed by atoms with Gasteiger partial charge in [0.05, 0.1) is 17.6 Å². The van der Waals surface area contributed by atoms with Gasteiger partial charge in [0, 0.05) is 37.0 Å². The fourth-order valence-corrected chi connectivity index (χ4v) is 4.05. The third kappa shape index (κ3) is 6.06. The molecule has 0 unspecified atom stereocenters. The van der Waals surface area contributed by atoms with E-state index in [9.17, 15) is 14.9 Å². The molecular formula is C21H31N3O5. The highest BCUT2D eigenvalue weighted by molar-refractivity contribution is 5.77. The molecule has 0 aromatic heterocycles. The van der Waals surface area contributed by atoms with E-state index >= 15 is 0 Å². The van der Waals surface area contributed by atoms with E-state index in [1.165, 1.54) is 25.3 Å². The van der Waals surface area contributed by atoms with E-state index in [-0.39, 0.29) is 36.1 Å². The maximum Gasteiger partial charge on any atom is 0.311 e. The van der Waals surface area contributed by atoms with Crippen molar-refractivity contribution in [2.75, 3.05) is 31.6 Å². The highest BCUT2D eigenvalue weighted by Gasteiger charge is 2.24. The topological polar surface area (TPSA) is 93.9 Å². The Bertz CT molecular complexity index is 698. The van der Waals surface area contributed by atoms with E-state index in [2.05, 4.69) is 5.32 Å². The minimum atomic E-state index is -0.436. The molecule has 160 valence electrons. The number of amides is 1. The minimum absolute atomic E-state index is 0.0317. The Kier molecular flexibility index (Phi) is 7.69. The third-order valence-electron chi connectivity index (χ3n) is 5.67. The summed E-state index contributed by atoms with van der Waals surface area (Å²) in [5, 5.41) is 14.5. The predicted octanol–water partition coefficient (Wildman–Crippen LogP) is 3.75. The van der Waals surface area contributed by atoms with Crippen molar-refractivity contribution in [2.24, 2.45) is 0 Å². The number of piperidine rings is 1. The standard InChI is InChI=1S/C21H31N3O5/c1-2-28-20-14-17(8-9-19(20)24(26)27)22-16-10-12-23(13-11-16)21(25)15-29-18-6-4-3-5-7-18/h8-9,14,16,18,22H,2-7,10-13,15H2,1H3. The molecule has 1 heterocycles. The van der Waals surface area contributed by atoms with E-state index < -0.39 is 4.92 Å². The molecular weight excluding hydrogens is 374 g/mol. The van der Waals surface area contributed by atoms with Crippen molar-refractivity contribution in [3.63, 3.8) is 0 Å². The van der Waals surface area contributed by atoms with Gasteiger partial charge in [-0.1, -0.05) is 19.3 Å². The average Bonchev–Trinajstić information content (AvgIpc) is 2.73. The van der Waals surface area contributed by atoms with Crippen LogP contribution in [0.3, 0.4) is 0 Å². The Balaban J connectivity index is 1.46. The number of nitro benzene ring substituents is 1. The summed E-state index contributed by atoms with van der Waals surface area (Å²) in [6.45, 7) is 3.73. The number of ether oxygens (including phenoxy) is 2. The van der Waals surface area contributed by atoms with Gasteiger partial charge in [-0.15, -0.1) is 0 Å². The summed E-state index contributed by atoms with van der Waals surface area (Å²) in [5.74, 6) is 0.345. The highest BCUT2D eigenvalue weighted by atomic mass is 16.6. The van der Waals surface area contributed by atoms with E-state index in [1.54, 1.807) is 19.1 Å². The van der Waals surface area contributed by atoms with E-state index in [4.69, 9.17) is 9.47 Å². The molecule has 1 aliphatic carbocycles. The Morgan fingerprint density at radius 1 is 1.21 bits per heavy atom. The number of hydrogen-bond acceptors (Lipinski definition) is 6. The second-order valence-corrected chi connectivity index (χ2v) is 7.74. The van der Waals surface area contributed by atoms with Crippen LogP contribution in [0.4, 0.5) is 11.4 Å². The van der Waals surface area contributed by atoms with Crippen molar-refractivity contribution in [2.45, 2.75) is 64.0 Å². The normalized spacial score (nSPS) is 18.4. The van der Waals surface area contributed by atoms with Crippen molar-refractivity contribution in [3.8, 4) is 5.75 Å². The molecule has 8 nitrogen and oxygen atoms in total. The van der Waals surface area contributed by atoms with Gasteiger partial charge in [-0.3, -0.25) is 14.9 Å². The van der Waals surface area contributed by atoms with Crippen molar-refractivity contribution in [3.05, 3.63) is 28.3 Å². The summed E-state index contributed by atoms with van der Waals surface area (Å²) in [6.07, 6.45) is 7.71. The van der Waals surface area contributed by atoms with Gasteiger partial charge in [-0.2, -0.15) is 0 Å². The Labute approximate surface area is 171 Å². The number of nitrogens with zero attached hydrogens (tertiary/aromatic N) is 2. The van der Waals surface area contributed by atoms with Crippen LogP contribution in [0.5, 0.6) is 5.75 Å². The van der Waals surface area contributed by atoms with E-state index in [0.29, 0.717) is 19.7 Å². The van der Waals surface area contributed by atoms with Gasteiger partial charge in [-0.25, -0.2) is 0 Å². The zero-order valence-corrected chi connectivity index (χ0v) is 17.1. The molecule has 2 aliphatic rings. The summed E-state index contributed by atoms with van der Waals surface area (Å²) in [5.41, 5.74) is 0.764. The molecule has 1 amide bonds. The Morgan fingerprint density at radius 2 is 1.93 bits per heavy atom. The Morgan fingerprint density at radius 3 is 2.59 bits per heavy atom. The minimum Gasteiger partial charge on any atom is -0.487 e. The van der Waals surface area contributed by atoms with E-state index in [1.807, 2.05) is 4.90 Å². The van der Waals surface area contributed by atoms with Gasteiger partial charge in [0.1, 0.15) is 6.61 Å². The smallest absolute Gasteiger partial charge is 0.311 e. The van der Waals surface area contributed by atoms with Gasteiger partial charge in [0.2, 0.25) is 5.91 Å². The van der Waals surface area contributed by atoms with Crippen LogP contribution >= 0.6 is 0 Å². The van der Waals surface area contributed by atoms with Crippen LogP contribution in [-0.4, -0.2) is 54.2 Å². The molecule has 8 heteroatoms. The number of likely N-dealkylation sites (tertiary alicyclic amines) is 1. The lowest BCUT2D eigenvalue weighted by Gasteiger charge is -2.33. The molecule has 1 aliphatic heterocycles. The van der Waals surface area contributed by atoms with Crippen molar-refractivity contribution < 1.29 is 19.2 Å². The predicted molar refractivity (Wildman–Crippen MR) is 110 cm³/mol. The van der Waals surface area contributed by atoms with Gasteiger partial charge in [-0.05, 0) is 38.7 Å². The second kappa shape index (κ2) is 10.4. The first kappa shape index (κ1) is 21.4. The van der Waals surface area contributed by atoms with Crippen molar-refractivity contribution in [1.29, 1.82) is 0 Å². The van der Waals surface area contributed by atoms with Crippen LogP contribution < -0.4 is 10.1 Å². The number of carbonyl (C=O) groups excluding carboxylic acids is 1. The molecule has 0 radical (unpaired) electrons. The van der Waals surface area contributed by atoms with Crippen LogP contribution in [0.25, 0.3) is 0 Å². The summed E-state index contributed by atoms with van der Waals surface area (Å²) in [6, 6.07) is 5.07. The summed E-state index contributed by atoms with van der Waals surface area (Å²) in [4.78, 5) is 25.0. The van der Waals surface area contributed by atoms with Gasteiger partial charge < -0.3 is 19.7 Å². The molecule has 0 spiro atoms. The van der Waals surface area contributed by atoms with E-state index in [0.717, 1.165) is 31.4 Å². The fourth-order valence-electron chi connectivity index (χ4n) is 4.05. The molecule has 2 fully saturated rings. The number of benzene rings is 1. The molecule has 1 saturated carbocycles. The highest BCUT2D eigenvalue weighted by Crippen LogP contribution is 2.31. The quantitative estimate of drug-likeness (QED) is 0.523. The fraction of sp³-hybridized carbons (Fsp3) is 0.667. The number of hydrogen-bond donors (Lipinski definition) is 1. The van der Waals surface area contributed by atoms with Crippen LogP contribution in [0.2, 0.25) is 0 Å². The number of carbonyl (C=O) groups is 1. The first-order chi connectivity index (χ1) is 14.1.